The number of methoxy groups -OCH3 is 2. The van der Waals surface area contributed by atoms with Crippen molar-refractivity contribution in [1.82, 2.24) is 0 Å². The van der Waals surface area contributed by atoms with Crippen LogP contribution in [0.25, 0.3) is 0 Å². The van der Waals surface area contributed by atoms with Crippen LogP contribution in [0.4, 0.5) is 0 Å². The molecule has 0 rings (SSSR count). The lowest BCUT2D eigenvalue weighted by atomic mass is 9.87. The Labute approximate surface area is 104 Å². The lowest BCUT2D eigenvalue weighted by Gasteiger charge is -2.20. The molecule has 0 bridgehead atoms. The van der Waals surface area contributed by atoms with E-state index in [2.05, 4.69) is 11.7 Å². The lowest BCUT2D eigenvalue weighted by molar-refractivity contribution is -0.154. The van der Waals surface area contributed by atoms with E-state index < -0.39 is 0 Å². The molecule has 0 aliphatic heterocycles. The van der Waals surface area contributed by atoms with Gasteiger partial charge in [-0.25, -0.2) is 0 Å². The summed E-state index contributed by atoms with van der Waals surface area (Å²) in [7, 11) is 2.68. The maximum Gasteiger partial charge on any atom is 0.309 e. The molecular weight excluding hydrogens is 220 g/mol. The predicted octanol–water partition coefficient (Wildman–Crippen LogP) is 2.56. The molecule has 0 aromatic rings. The summed E-state index contributed by atoms with van der Waals surface area (Å²) in [5.74, 6) is -0.917. The van der Waals surface area contributed by atoms with Gasteiger partial charge in [-0.15, -0.1) is 0 Å². The molecular formula is C13H24O4. The van der Waals surface area contributed by atoms with Crippen LogP contribution in [0.1, 0.15) is 46.0 Å². The zero-order chi connectivity index (χ0) is 13.3. The van der Waals surface area contributed by atoms with Crippen LogP contribution >= 0.6 is 0 Å². The van der Waals surface area contributed by atoms with Gasteiger partial charge in [-0.3, -0.25) is 9.59 Å². The Morgan fingerprint density at radius 2 is 1.76 bits per heavy atom. The summed E-state index contributed by atoms with van der Waals surface area (Å²) in [6, 6.07) is 0. The Kier molecular flexibility index (Phi) is 8.46. The SMILES string of the molecule is CCCCCC(C)C(CC(=O)OC)C(=O)OC. The van der Waals surface area contributed by atoms with E-state index in [1.165, 1.54) is 14.2 Å². The van der Waals surface area contributed by atoms with E-state index in [9.17, 15) is 9.59 Å². The summed E-state index contributed by atoms with van der Waals surface area (Å²) in [6.45, 7) is 4.12. The highest BCUT2D eigenvalue weighted by atomic mass is 16.5. The normalized spacial score (nSPS) is 13.9. The van der Waals surface area contributed by atoms with E-state index in [4.69, 9.17) is 4.74 Å². The molecule has 4 heteroatoms. The second-order valence-corrected chi connectivity index (χ2v) is 4.38. The molecule has 0 spiro atoms. The second-order valence-electron chi connectivity index (χ2n) is 4.38. The fraction of sp³-hybridized carbons (Fsp3) is 0.846. The molecule has 4 nitrogen and oxygen atoms in total. The van der Waals surface area contributed by atoms with Crippen molar-refractivity contribution in [3.63, 3.8) is 0 Å². The lowest BCUT2D eigenvalue weighted by Crippen LogP contribution is -2.26. The number of carbonyl (C=O) groups is 2. The van der Waals surface area contributed by atoms with Gasteiger partial charge in [0.2, 0.25) is 0 Å². The van der Waals surface area contributed by atoms with Gasteiger partial charge in [0, 0.05) is 0 Å². The Morgan fingerprint density at radius 1 is 1.12 bits per heavy atom. The summed E-state index contributed by atoms with van der Waals surface area (Å²) in [5, 5.41) is 0. The van der Waals surface area contributed by atoms with Gasteiger partial charge in [0.1, 0.15) is 0 Å². The van der Waals surface area contributed by atoms with Crippen molar-refractivity contribution in [2.75, 3.05) is 14.2 Å². The number of ether oxygens (including phenoxy) is 2. The van der Waals surface area contributed by atoms with Gasteiger partial charge >= 0.3 is 11.9 Å². The van der Waals surface area contributed by atoms with Crippen LogP contribution in [-0.4, -0.2) is 26.2 Å². The number of unbranched alkanes of at least 4 members (excludes halogenated alkanes) is 2. The van der Waals surface area contributed by atoms with E-state index in [1.54, 1.807) is 0 Å². The highest BCUT2D eigenvalue weighted by Crippen LogP contribution is 2.23. The minimum absolute atomic E-state index is 0.108. The maximum atomic E-state index is 11.6. The molecule has 17 heavy (non-hydrogen) atoms. The van der Waals surface area contributed by atoms with Crippen LogP contribution in [0.2, 0.25) is 0 Å². The molecule has 0 N–H and O–H groups in total. The first-order chi connectivity index (χ1) is 8.06. The minimum atomic E-state index is -0.385. The Bertz CT molecular complexity index is 238. The monoisotopic (exact) mass is 244 g/mol. The highest BCUT2D eigenvalue weighted by molar-refractivity contribution is 5.80. The molecule has 0 aromatic carbocycles. The van der Waals surface area contributed by atoms with Gasteiger partial charge in [-0.1, -0.05) is 33.1 Å². The predicted molar refractivity (Wildman–Crippen MR) is 65.4 cm³/mol. The second kappa shape index (κ2) is 9.02. The smallest absolute Gasteiger partial charge is 0.309 e. The Balaban J connectivity index is 4.34. The first-order valence-electron chi connectivity index (χ1n) is 6.21. The van der Waals surface area contributed by atoms with Crippen LogP contribution in [0.15, 0.2) is 0 Å². The molecule has 0 fully saturated rings. The molecule has 2 unspecified atom stereocenters. The van der Waals surface area contributed by atoms with Crippen molar-refractivity contribution >= 4 is 11.9 Å². The fourth-order valence-corrected chi connectivity index (χ4v) is 1.85. The zero-order valence-corrected chi connectivity index (χ0v) is 11.3. The third-order valence-corrected chi connectivity index (χ3v) is 3.07. The summed E-state index contributed by atoms with van der Waals surface area (Å²) in [6.07, 6.45) is 4.41. The molecule has 0 amide bonds. The first-order valence-corrected chi connectivity index (χ1v) is 6.21. The van der Waals surface area contributed by atoms with Crippen molar-refractivity contribution in [2.24, 2.45) is 11.8 Å². The van der Waals surface area contributed by atoms with Crippen LogP contribution in [-0.2, 0) is 19.1 Å². The standard InChI is InChI=1S/C13H24O4/c1-5-6-7-8-10(2)11(13(15)17-4)9-12(14)16-3/h10-11H,5-9H2,1-4H3. The van der Waals surface area contributed by atoms with Gasteiger partial charge in [-0.2, -0.15) is 0 Å². The third kappa shape index (κ3) is 6.29. The average Bonchev–Trinajstić information content (AvgIpc) is 2.34. The van der Waals surface area contributed by atoms with Crippen molar-refractivity contribution in [1.29, 1.82) is 0 Å². The van der Waals surface area contributed by atoms with E-state index >= 15 is 0 Å². The highest BCUT2D eigenvalue weighted by Gasteiger charge is 2.28. The Morgan fingerprint density at radius 3 is 2.24 bits per heavy atom. The van der Waals surface area contributed by atoms with E-state index in [-0.39, 0.29) is 30.2 Å². The fourth-order valence-electron chi connectivity index (χ4n) is 1.85. The molecule has 0 radical (unpaired) electrons. The van der Waals surface area contributed by atoms with Gasteiger partial charge in [0.25, 0.3) is 0 Å². The summed E-state index contributed by atoms with van der Waals surface area (Å²) in [4.78, 5) is 22.9. The topological polar surface area (TPSA) is 52.6 Å². The molecule has 0 saturated heterocycles. The average molecular weight is 244 g/mol. The molecule has 0 aliphatic rings. The first kappa shape index (κ1) is 15.9. The zero-order valence-electron chi connectivity index (χ0n) is 11.3. The van der Waals surface area contributed by atoms with Crippen molar-refractivity contribution in [3.8, 4) is 0 Å². The molecule has 0 aliphatic carbocycles. The van der Waals surface area contributed by atoms with Gasteiger partial charge in [-0.05, 0) is 12.3 Å². The van der Waals surface area contributed by atoms with E-state index in [0.717, 1.165) is 25.7 Å². The largest absolute Gasteiger partial charge is 0.469 e. The van der Waals surface area contributed by atoms with Gasteiger partial charge < -0.3 is 9.47 Å². The molecule has 0 aromatic heterocycles. The summed E-state index contributed by atoms with van der Waals surface area (Å²) >= 11 is 0. The van der Waals surface area contributed by atoms with Crippen LogP contribution in [0.5, 0.6) is 0 Å². The van der Waals surface area contributed by atoms with Gasteiger partial charge in [0.15, 0.2) is 0 Å². The summed E-state index contributed by atoms with van der Waals surface area (Å²) < 4.78 is 9.34. The minimum Gasteiger partial charge on any atom is -0.469 e. The van der Waals surface area contributed by atoms with Crippen LogP contribution < -0.4 is 0 Å². The van der Waals surface area contributed by atoms with E-state index in [1.807, 2.05) is 6.92 Å². The number of rotatable bonds is 8. The number of hydrogen-bond donors (Lipinski definition) is 0. The molecule has 2 atom stereocenters. The number of hydrogen-bond acceptors (Lipinski definition) is 4. The molecule has 0 saturated carbocycles. The van der Waals surface area contributed by atoms with Crippen LogP contribution in [0, 0.1) is 11.8 Å². The van der Waals surface area contributed by atoms with Crippen LogP contribution in [0.3, 0.4) is 0 Å². The van der Waals surface area contributed by atoms with E-state index in [0.29, 0.717) is 0 Å². The molecule has 0 heterocycles. The third-order valence-electron chi connectivity index (χ3n) is 3.07. The number of carbonyl (C=O) groups excluding carboxylic acids is 2. The van der Waals surface area contributed by atoms with Crippen molar-refractivity contribution in [3.05, 3.63) is 0 Å². The molecule has 100 valence electrons. The maximum absolute atomic E-state index is 11.6. The quantitative estimate of drug-likeness (QED) is 0.486. The van der Waals surface area contributed by atoms with Crippen molar-refractivity contribution < 1.29 is 19.1 Å². The number of esters is 2. The Hall–Kier alpha value is -1.06. The summed E-state index contributed by atoms with van der Waals surface area (Å²) in [5.41, 5.74) is 0. The van der Waals surface area contributed by atoms with Gasteiger partial charge in [0.05, 0.1) is 26.6 Å². The van der Waals surface area contributed by atoms with Crippen molar-refractivity contribution in [2.45, 2.75) is 46.0 Å².